The number of hydrogen-bond donors (Lipinski definition) is 2. The number of carboxylic acids is 1. The van der Waals surface area contributed by atoms with Crippen LogP contribution in [0.25, 0.3) is 11.1 Å². The number of aliphatic carboxylic acids is 1. The largest absolute Gasteiger partial charge is 0.481 e. The topological polar surface area (TPSA) is 95.9 Å². The average molecular weight is 451 g/mol. The maximum absolute atomic E-state index is 12.7. The molecule has 1 unspecified atom stereocenters. The molecule has 2 aliphatic rings. The lowest BCUT2D eigenvalue weighted by atomic mass is 9.97. The molecule has 0 radical (unpaired) electrons. The number of nitrogens with zero attached hydrogens (tertiary/aromatic N) is 1. The zero-order valence-corrected chi connectivity index (χ0v) is 18.8. The van der Waals surface area contributed by atoms with E-state index in [4.69, 9.17) is 4.74 Å². The molecule has 1 aliphatic carbocycles. The van der Waals surface area contributed by atoms with Crippen LogP contribution in [0.3, 0.4) is 0 Å². The molecule has 0 spiro atoms. The minimum atomic E-state index is -0.865. The molecule has 1 aliphatic heterocycles. The van der Waals surface area contributed by atoms with Gasteiger partial charge < -0.3 is 20.1 Å². The average Bonchev–Trinajstić information content (AvgIpc) is 3.16. The van der Waals surface area contributed by atoms with Gasteiger partial charge >= 0.3 is 12.1 Å². The van der Waals surface area contributed by atoms with Crippen molar-refractivity contribution in [1.29, 1.82) is 0 Å². The molecule has 0 aromatic heterocycles. The van der Waals surface area contributed by atoms with E-state index in [1.807, 2.05) is 31.2 Å². The van der Waals surface area contributed by atoms with Gasteiger partial charge in [-0.2, -0.15) is 0 Å². The highest BCUT2D eigenvalue weighted by atomic mass is 16.5. The highest BCUT2D eigenvalue weighted by Crippen LogP contribution is 2.44. The predicted molar refractivity (Wildman–Crippen MR) is 124 cm³/mol. The van der Waals surface area contributed by atoms with Crippen LogP contribution in [0.15, 0.2) is 48.5 Å². The number of carbonyl (C=O) groups is 3. The Morgan fingerprint density at radius 2 is 1.73 bits per heavy atom. The minimum absolute atomic E-state index is 0.0221. The predicted octanol–water partition coefficient (Wildman–Crippen LogP) is 4.02. The van der Waals surface area contributed by atoms with Gasteiger partial charge in [0.2, 0.25) is 5.91 Å². The van der Waals surface area contributed by atoms with Crippen molar-refractivity contribution < 1.29 is 24.2 Å². The summed E-state index contributed by atoms with van der Waals surface area (Å²) in [6, 6.07) is 15.9. The van der Waals surface area contributed by atoms with Gasteiger partial charge in [-0.3, -0.25) is 9.59 Å². The van der Waals surface area contributed by atoms with Gasteiger partial charge in [0.1, 0.15) is 6.61 Å². The normalized spacial score (nSPS) is 18.2. The number of likely N-dealkylation sites (tertiary alicyclic amines) is 1. The summed E-state index contributed by atoms with van der Waals surface area (Å²) in [6.45, 7) is 2.91. The first kappa shape index (κ1) is 22.8. The van der Waals surface area contributed by atoms with E-state index < -0.39 is 18.0 Å². The number of nitrogens with one attached hydrogen (secondary N) is 1. The standard InChI is InChI=1S/C26H30N2O5/c1-2-18(14-24(29)28-13-7-8-17(15-28)25(30)31)27-26(32)33-16-23-21-11-5-3-9-19(21)20-10-4-6-12-22(20)23/h3-6,9-12,17-18,23H,2,7-8,13-16H2,1H3,(H,27,32)(H,30,31)/t17-,18?/m0/s1. The van der Waals surface area contributed by atoms with Crippen molar-refractivity contribution >= 4 is 18.0 Å². The number of piperidine rings is 1. The van der Waals surface area contributed by atoms with Crippen LogP contribution in [0.2, 0.25) is 0 Å². The Bertz CT molecular complexity index is 991. The van der Waals surface area contributed by atoms with Crippen molar-refractivity contribution in [3.63, 3.8) is 0 Å². The molecule has 174 valence electrons. The van der Waals surface area contributed by atoms with Crippen LogP contribution in [0, 0.1) is 5.92 Å². The molecule has 0 bridgehead atoms. The molecule has 1 fully saturated rings. The van der Waals surface area contributed by atoms with E-state index >= 15 is 0 Å². The van der Waals surface area contributed by atoms with E-state index in [-0.39, 0.29) is 37.4 Å². The minimum Gasteiger partial charge on any atom is -0.481 e. The van der Waals surface area contributed by atoms with Gasteiger partial charge in [0, 0.05) is 31.5 Å². The SMILES string of the molecule is CCC(CC(=O)N1CCC[C@H](C(=O)O)C1)NC(=O)OCC1c2ccccc2-c2ccccc21. The molecule has 7 nitrogen and oxygen atoms in total. The van der Waals surface area contributed by atoms with Crippen molar-refractivity contribution in [2.45, 2.75) is 44.6 Å². The summed E-state index contributed by atoms with van der Waals surface area (Å²) in [5.41, 5.74) is 4.62. The number of benzene rings is 2. The molecular weight excluding hydrogens is 420 g/mol. The maximum atomic E-state index is 12.7. The number of fused-ring (bicyclic) bond motifs is 3. The molecule has 2 aromatic rings. The number of hydrogen-bond acceptors (Lipinski definition) is 4. The maximum Gasteiger partial charge on any atom is 0.407 e. The van der Waals surface area contributed by atoms with E-state index in [0.29, 0.717) is 25.8 Å². The van der Waals surface area contributed by atoms with E-state index in [1.165, 1.54) is 11.1 Å². The third-order valence-corrected chi connectivity index (χ3v) is 6.70. The summed E-state index contributed by atoms with van der Waals surface area (Å²) in [6.07, 6.45) is 1.44. The van der Waals surface area contributed by atoms with E-state index in [1.54, 1.807) is 4.90 Å². The van der Waals surface area contributed by atoms with Crippen LogP contribution in [-0.4, -0.2) is 53.7 Å². The number of ether oxygens (including phenoxy) is 1. The van der Waals surface area contributed by atoms with Crippen molar-refractivity contribution in [3.05, 3.63) is 59.7 Å². The first-order valence-electron chi connectivity index (χ1n) is 11.6. The lowest BCUT2D eigenvalue weighted by molar-refractivity contribution is -0.145. The quantitative estimate of drug-likeness (QED) is 0.664. The number of amides is 2. The first-order chi connectivity index (χ1) is 16.0. The Kier molecular flexibility index (Phi) is 6.96. The molecule has 2 atom stereocenters. The van der Waals surface area contributed by atoms with Crippen LogP contribution >= 0.6 is 0 Å². The molecule has 1 saturated heterocycles. The summed E-state index contributed by atoms with van der Waals surface area (Å²) in [4.78, 5) is 38.1. The van der Waals surface area contributed by atoms with Gasteiger partial charge in [0.05, 0.1) is 5.92 Å². The monoisotopic (exact) mass is 450 g/mol. The Morgan fingerprint density at radius 3 is 2.33 bits per heavy atom. The van der Waals surface area contributed by atoms with Crippen molar-refractivity contribution in [3.8, 4) is 11.1 Å². The van der Waals surface area contributed by atoms with Crippen LogP contribution in [0.4, 0.5) is 4.79 Å². The Morgan fingerprint density at radius 1 is 1.09 bits per heavy atom. The van der Waals surface area contributed by atoms with Crippen LogP contribution < -0.4 is 5.32 Å². The Labute approximate surface area is 193 Å². The van der Waals surface area contributed by atoms with Gasteiger partial charge in [-0.15, -0.1) is 0 Å². The van der Waals surface area contributed by atoms with Gasteiger partial charge in [-0.25, -0.2) is 4.79 Å². The van der Waals surface area contributed by atoms with Gasteiger partial charge in [0.25, 0.3) is 0 Å². The summed E-state index contributed by atoms with van der Waals surface area (Å²) in [5, 5.41) is 12.1. The third-order valence-electron chi connectivity index (χ3n) is 6.70. The number of carboxylic acid groups (broad SMARTS) is 1. The fraction of sp³-hybridized carbons (Fsp3) is 0.423. The summed E-state index contributed by atoms with van der Waals surface area (Å²) < 4.78 is 5.59. The Balaban J connectivity index is 1.33. The third kappa shape index (κ3) is 5.02. The highest BCUT2D eigenvalue weighted by molar-refractivity contribution is 5.80. The molecule has 33 heavy (non-hydrogen) atoms. The highest BCUT2D eigenvalue weighted by Gasteiger charge is 2.31. The summed E-state index contributed by atoms with van der Waals surface area (Å²) in [5.74, 6) is -1.54. The van der Waals surface area contributed by atoms with Gasteiger partial charge in [0.15, 0.2) is 0 Å². The lowest BCUT2D eigenvalue weighted by Gasteiger charge is -2.31. The summed E-state index contributed by atoms with van der Waals surface area (Å²) in [7, 11) is 0. The molecule has 7 heteroatoms. The van der Waals surface area contributed by atoms with Crippen molar-refractivity contribution in [1.82, 2.24) is 10.2 Å². The molecule has 2 amide bonds. The Hall–Kier alpha value is -3.35. The smallest absolute Gasteiger partial charge is 0.407 e. The second-order valence-electron chi connectivity index (χ2n) is 8.80. The van der Waals surface area contributed by atoms with Crippen LogP contribution in [-0.2, 0) is 14.3 Å². The first-order valence-corrected chi connectivity index (χ1v) is 11.6. The second-order valence-corrected chi connectivity index (χ2v) is 8.80. The van der Waals surface area contributed by atoms with E-state index in [2.05, 4.69) is 29.6 Å². The zero-order chi connectivity index (χ0) is 23.4. The fourth-order valence-corrected chi connectivity index (χ4v) is 4.85. The van der Waals surface area contributed by atoms with Gasteiger partial charge in [-0.1, -0.05) is 55.5 Å². The zero-order valence-electron chi connectivity index (χ0n) is 18.8. The van der Waals surface area contributed by atoms with Crippen LogP contribution in [0.1, 0.15) is 49.7 Å². The molecule has 2 aromatic carbocycles. The number of alkyl carbamates (subject to hydrolysis) is 1. The molecule has 1 heterocycles. The summed E-state index contributed by atoms with van der Waals surface area (Å²) >= 11 is 0. The molecule has 2 N–H and O–H groups in total. The van der Waals surface area contributed by atoms with Crippen molar-refractivity contribution in [2.75, 3.05) is 19.7 Å². The fourth-order valence-electron chi connectivity index (χ4n) is 4.85. The van der Waals surface area contributed by atoms with Crippen LogP contribution in [0.5, 0.6) is 0 Å². The molecule has 0 saturated carbocycles. The number of rotatable bonds is 7. The van der Waals surface area contributed by atoms with E-state index in [9.17, 15) is 19.5 Å². The van der Waals surface area contributed by atoms with Gasteiger partial charge in [-0.05, 0) is 41.5 Å². The lowest BCUT2D eigenvalue weighted by Crippen LogP contribution is -2.45. The second kappa shape index (κ2) is 10.1. The van der Waals surface area contributed by atoms with Crippen molar-refractivity contribution in [2.24, 2.45) is 5.92 Å². The van der Waals surface area contributed by atoms with E-state index in [0.717, 1.165) is 11.1 Å². The molecule has 4 rings (SSSR count). The molecular formula is C26H30N2O5. The number of carbonyl (C=O) groups excluding carboxylic acids is 2.